The van der Waals surface area contributed by atoms with E-state index in [0.717, 1.165) is 44.8 Å². The van der Waals surface area contributed by atoms with E-state index in [1.165, 1.54) is 6.42 Å². The van der Waals surface area contributed by atoms with Crippen molar-refractivity contribution < 1.29 is 4.79 Å². The molecule has 1 aromatic heterocycles. The van der Waals surface area contributed by atoms with Gasteiger partial charge in [0.05, 0.1) is 11.3 Å². The molecule has 1 unspecified atom stereocenters. The van der Waals surface area contributed by atoms with E-state index in [4.69, 9.17) is 0 Å². The molecule has 2 fully saturated rings. The van der Waals surface area contributed by atoms with Gasteiger partial charge >= 0.3 is 0 Å². The van der Waals surface area contributed by atoms with Crippen molar-refractivity contribution in [2.24, 2.45) is 0 Å². The lowest BCUT2D eigenvalue weighted by Crippen LogP contribution is -2.47. The molecule has 5 nitrogen and oxygen atoms in total. The van der Waals surface area contributed by atoms with Gasteiger partial charge in [0, 0.05) is 38.4 Å². The van der Waals surface area contributed by atoms with Gasteiger partial charge in [0.15, 0.2) is 0 Å². The molecule has 0 bridgehead atoms. The molecule has 1 N–H and O–H groups in total. The molecule has 1 atom stereocenters. The highest BCUT2D eigenvalue weighted by Crippen LogP contribution is 2.21. The largest absolute Gasteiger partial charge is 0.336 e. The molecule has 0 saturated carbocycles. The average Bonchev–Trinajstić information content (AvgIpc) is 3.02. The van der Waals surface area contributed by atoms with Crippen LogP contribution in [0.4, 0.5) is 0 Å². The standard InChI is InChI=1S/C15H22N4O.2ClH/c1-18-7-9-19(10-8-18)15(20)12-4-5-14(17-11-12)13-3-2-6-16-13;;/h4-5,11,13,16H,2-3,6-10H2,1H3;2*1H. The third-order valence-electron chi connectivity index (χ3n) is 4.24. The third kappa shape index (κ3) is 4.32. The fourth-order valence-corrected chi connectivity index (χ4v) is 2.87. The van der Waals surface area contributed by atoms with E-state index in [9.17, 15) is 4.79 Å². The van der Waals surface area contributed by atoms with Crippen LogP contribution in [0.3, 0.4) is 0 Å². The minimum Gasteiger partial charge on any atom is -0.336 e. The Kier molecular flexibility index (Phi) is 7.56. The number of rotatable bonds is 2. The molecule has 0 radical (unpaired) electrons. The van der Waals surface area contributed by atoms with E-state index in [-0.39, 0.29) is 30.7 Å². The molecule has 0 spiro atoms. The van der Waals surface area contributed by atoms with E-state index in [1.807, 2.05) is 17.0 Å². The summed E-state index contributed by atoms with van der Waals surface area (Å²) in [6, 6.07) is 4.28. The first-order chi connectivity index (χ1) is 9.74. The Labute approximate surface area is 144 Å². The van der Waals surface area contributed by atoms with Crippen molar-refractivity contribution in [1.29, 1.82) is 0 Å². The van der Waals surface area contributed by atoms with Gasteiger partial charge in [-0.1, -0.05) is 0 Å². The van der Waals surface area contributed by atoms with Crippen LogP contribution in [0, 0.1) is 0 Å². The smallest absolute Gasteiger partial charge is 0.255 e. The van der Waals surface area contributed by atoms with Crippen molar-refractivity contribution in [3.8, 4) is 0 Å². The predicted octanol–water partition coefficient (Wildman–Crippen LogP) is 1.74. The molecule has 2 aliphatic rings. The predicted molar refractivity (Wildman–Crippen MR) is 92.1 cm³/mol. The number of nitrogens with one attached hydrogen (secondary N) is 1. The van der Waals surface area contributed by atoms with Crippen molar-refractivity contribution in [3.05, 3.63) is 29.6 Å². The van der Waals surface area contributed by atoms with Gasteiger partial charge < -0.3 is 15.1 Å². The first kappa shape index (κ1) is 19.2. The Bertz CT molecular complexity index is 469. The van der Waals surface area contributed by atoms with E-state index in [1.54, 1.807) is 6.20 Å². The van der Waals surface area contributed by atoms with Crippen molar-refractivity contribution >= 4 is 30.7 Å². The van der Waals surface area contributed by atoms with Crippen LogP contribution in [-0.2, 0) is 0 Å². The van der Waals surface area contributed by atoms with Gasteiger partial charge in [0.1, 0.15) is 0 Å². The van der Waals surface area contributed by atoms with Gasteiger partial charge in [0.25, 0.3) is 5.91 Å². The number of halogens is 2. The summed E-state index contributed by atoms with van der Waals surface area (Å²) in [7, 11) is 2.09. The van der Waals surface area contributed by atoms with Crippen LogP contribution in [0.2, 0.25) is 0 Å². The van der Waals surface area contributed by atoms with Crippen LogP contribution < -0.4 is 5.32 Å². The number of aromatic nitrogens is 1. The van der Waals surface area contributed by atoms with Crippen molar-refractivity contribution in [3.63, 3.8) is 0 Å². The number of carbonyl (C=O) groups is 1. The molecule has 0 aliphatic carbocycles. The van der Waals surface area contributed by atoms with Crippen LogP contribution in [0.1, 0.15) is 34.9 Å². The zero-order valence-corrected chi connectivity index (χ0v) is 14.5. The van der Waals surface area contributed by atoms with Crippen molar-refractivity contribution in [1.82, 2.24) is 20.1 Å². The Morgan fingerprint density at radius 1 is 1.23 bits per heavy atom. The van der Waals surface area contributed by atoms with Crippen LogP contribution in [0.15, 0.2) is 18.3 Å². The first-order valence-corrected chi connectivity index (χ1v) is 7.41. The fraction of sp³-hybridized carbons (Fsp3) is 0.600. The second kappa shape index (κ2) is 8.67. The minimum atomic E-state index is 0. The van der Waals surface area contributed by atoms with Gasteiger partial charge in [-0.05, 0) is 38.6 Å². The molecule has 0 aromatic carbocycles. The zero-order valence-electron chi connectivity index (χ0n) is 12.8. The summed E-state index contributed by atoms with van der Waals surface area (Å²) in [5, 5.41) is 3.43. The number of hydrogen-bond donors (Lipinski definition) is 1. The number of nitrogens with zero attached hydrogens (tertiary/aromatic N) is 3. The second-order valence-electron chi connectivity index (χ2n) is 5.72. The number of likely N-dealkylation sites (N-methyl/N-ethyl adjacent to an activating group) is 1. The van der Waals surface area contributed by atoms with Gasteiger partial charge in [-0.25, -0.2) is 0 Å². The first-order valence-electron chi connectivity index (χ1n) is 7.41. The molecule has 3 rings (SSSR count). The summed E-state index contributed by atoms with van der Waals surface area (Å²) >= 11 is 0. The number of piperazine rings is 1. The summed E-state index contributed by atoms with van der Waals surface area (Å²) < 4.78 is 0. The van der Waals surface area contributed by atoms with Crippen molar-refractivity contribution in [2.75, 3.05) is 39.8 Å². The maximum absolute atomic E-state index is 12.4. The molecule has 1 aromatic rings. The van der Waals surface area contributed by atoms with Crippen LogP contribution in [0.25, 0.3) is 0 Å². The fourth-order valence-electron chi connectivity index (χ4n) is 2.87. The van der Waals surface area contributed by atoms with E-state index in [2.05, 4.69) is 22.2 Å². The van der Waals surface area contributed by atoms with Gasteiger partial charge in [-0.15, -0.1) is 24.8 Å². The average molecular weight is 347 g/mol. The number of carbonyl (C=O) groups excluding carboxylic acids is 1. The minimum absolute atomic E-state index is 0. The zero-order chi connectivity index (χ0) is 13.9. The third-order valence-corrected chi connectivity index (χ3v) is 4.24. The van der Waals surface area contributed by atoms with Crippen molar-refractivity contribution in [2.45, 2.75) is 18.9 Å². The summed E-state index contributed by atoms with van der Waals surface area (Å²) in [6.07, 6.45) is 4.07. The normalized spacial score (nSPS) is 21.9. The lowest BCUT2D eigenvalue weighted by Gasteiger charge is -2.32. The monoisotopic (exact) mass is 346 g/mol. The highest BCUT2D eigenvalue weighted by Gasteiger charge is 2.22. The van der Waals surface area contributed by atoms with E-state index in [0.29, 0.717) is 11.6 Å². The highest BCUT2D eigenvalue weighted by atomic mass is 35.5. The number of hydrogen-bond acceptors (Lipinski definition) is 4. The van der Waals surface area contributed by atoms with Gasteiger partial charge in [-0.2, -0.15) is 0 Å². The molecule has 7 heteroatoms. The second-order valence-corrected chi connectivity index (χ2v) is 5.72. The summed E-state index contributed by atoms with van der Waals surface area (Å²) in [5.41, 5.74) is 1.76. The van der Waals surface area contributed by atoms with Crippen LogP contribution >= 0.6 is 24.8 Å². The molecular formula is C15H24Cl2N4O. The number of pyridine rings is 1. The molecule has 3 heterocycles. The maximum Gasteiger partial charge on any atom is 0.255 e. The van der Waals surface area contributed by atoms with Crippen LogP contribution in [0.5, 0.6) is 0 Å². The highest BCUT2D eigenvalue weighted by molar-refractivity contribution is 5.94. The lowest BCUT2D eigenvalue weighted by molar-refractivity contribution is 0.0663. The molecule has 2 aliphatic heterocycles. The van der Waals surface area contributed by atoms with Crippen LogP contribution in [-0.4, -0.2) is 60.5 Å². The molecule has 124 valence electrons. The molecular weight excluding hydrogens is 323 g/mol. The quantitative estimate of drug-likeness (QED) is 0.885. The maximum atomic E-state index is 12.4. The molecule has 22 heavy (non-hydrogen) atoms. The Balaban J connectivity index is 0.00000121. The molecule has 2 saturated heterocycles. The Morgan fingerprint density at radius 2 is 1.95 bits per heavy atom. The lowest BCUT2D eigenvalue weighted by atomic mass is 10.1. The SMILES string of the molecule is CN1CCN(C(=O)c2ccc(C3CCCN3)nc2)CC1.Cl.Cl. The Hall–Kier alpha value is -0.880. The summed E-state index contributed by atoms with van der Waals surface area (Å²) in [6.45, 7) is 4.57. The summed E-state index contributed by atoms with van der Waals surface area (Å²) in [4.78, 5) is 21.0. The molecule has 1 amide bonds. The van der Waals surface area contributed by atoms with E-state index < -0.39 is 0 Å². The van der Waals surface area contributed by atoms with E-state index >= 15 is 0 Å². The topological polar surface area (TPSA) is 48.5 Å². The Morgan fingerprint density at radius 3 is 2.50 bits per heavy atom. The summed E-state index contributed by atoms with van der Waals surface area (Å²) in [5.74, 6) is 0.108. The number of amides is 1. The van der Waals surface area contributed by atoms with Gasteiger partial charge in [-0.3, -0.25) is 9.78 Å². The van der Waals surface area contributed by atoms with Gasteiger partial charge in [0.2, 0.25) is 0 Å².